The van der Waals surface area contributed by atoms with E-state index in [0.29, 0.717) is 6.54 Å². The molecule has 1 saturated carbocycles. The highest BCUT2D eigenvalue weighted by Gasteiger charge is 2.49. The van der Waals surface area contributed by atoms with Crippen molar-refractivity contribution in [2.24, 2.45) is 17.3 Å². The average Bonchev–Trinajstić information content (AvgIpc) is 3.41. The average molecular weight is 463 g/mol. The Bertz CT molecular complexity index is 1080. The lowest BCUT2D eigenvalue weighted by Crippen LogP contribution is -2.62. The van der Waals surface area contributed by atoms with Crippen molar-refractivity contribution >= 4 is 18.0 Å². The maximum atomic E-state index is 12.9. The van der Waals surface area contributed by atoms with Gasteiger partial charge in [0.1, 0.15) is 6.61 Å². The maximum absolute atomic E-state index is 12.9. The summed E-state index contributed by atoms with van der Waals surface area (Å²) in [4.78, 5) is 38.4. The van der Waals surface area contributed by atoms with Gasteiger partial charge in [0, 0.05) is 31.5 Å². The van der Waals surface area contributed by atoms with Crippen molar-refractivity contribution in [1.82, 2.24) is 10.2 Å². The Morgan fingerprint density at radius 1 is 1.03 bits per heavy atom. The minimum absolute atomic E-state index is 0.00826. The van der Waals surface area contributed by atoms with Crippen LogP contribution in [0.15, 0.2) is 48.5 Å². The van der Waals surface area contributed by atoms with Crippen LogP contribution in [0.1, 0.15) is 43.2 Å². The van der Waals surface area contributed by atoms with Crippen LogP contribution in [0.25, 0.3) is 11.1 Å². The minimum Gasteiger partial charge on any atom is -0.481 e. The first-order chi connectivity index (χ1) is 16.4. The summed E-state index contributed by atoms with van der Waals surface area (Å²) in [5, 5.41) is 12.2. The van der Waals surface area contributed by atoms with Crippen LogP contribution in [0.3, 0.4) is 0 Å². The van der Waals surface area contributed by atoms with Crippen molar-refractivity contribution < 1.29 is 24.2 Å². The third-order valence-electron chi connectivity index (χ3n) is 7.74. The molecule has 5 rings (SSSR count). The Labute approximate surface area is 199 Å². The lowest BCUT2D eigenvalue weighted by Gasteiger charge is -2.46. The number of carboxylic acid groups (broad SMARTS) is 1. The van der Waals surface area contributed by atoms with E-state index in [2.05, 4.69) is 29.6 Å². The molecule has 34 heavy (non-hydrogen) atoms. The number of rotatable bonds is 6. The number of carboxylic acids is 1. The zero-order chi connectivity index (χ0) is 23.9. The van der Waals surface area contributed by atoms with Gasteiger partial charge in [0.05, 0.1) is 5.41 Å². The Morgan fingerprint density at radius 3 is 2.26 bits per heavy atom. The Morgan fingerprint density at radius 2 is 1.65 bits per heavy atom. The van der Waals surface area contributed by atoms with E-state index >= 15 is 0 Å². The van der Waals surface area contributed by atoms with Gasteiger partial charge in [-0.3, -0.25) is 9.59 Å². The largest absolute Gasteiger partial charge is 0.481 e. The number of nitrogens with zero attached hydrogens (tertiary/aromatic N) is 1. The molecule has 7 nitrogen and oxygen atoms in total. The summed E-state index contributed by atoms with van der Waals surface area (Å²) in [5.41, 5.74) is 3.86. The van der Waals surface area contributed by atoms with Gasteiger partial charge < -0.3 is 20.1 Å². The monoisotopic (exact) mass is 462 g/mol. The van der Waals surface area contributed by atoms with Crippen LogP contribution >= 0.6 is 0 Å². The first-order valence-corrected chi connectivity index (χ1v) is 12.0. The molecule has 2 aliphatic carbocycles. The van der Waals surface area contributed by atoms with Crippen LogP contribution in [0.2, 0.25) is 0 Å². The van der Waals surface area contributed by atoms with Gasteiger partial charge in [-0.25, -0.2) is 4.79 Å². The van der Waals surface area contributed by atoms with Gasteiger partial charge in [0.15, 0.2) is 0 Å². The van der Waals surface area contributed by atoms with Gasteiger partial charge in [0.25, 0.3) is 0 Å². The second-order valence-electron chi connectivity index (χ2n) is 10.1. The van der Waals surface area contributed by atoms with Crippen LogP contribution < -0.4 is 5.32 Å². The summed E-state index contributed by atoms with van der Waals surface area (Å²) in [6, 6.07) is 16.4. The number of amides is 2. The molecule has 0 bridgehead atoms. The zero-order valence-corrected chi connectivity index (χ0v) is 19.3. The highest BCUT2D eigenvalue weighted by atomic mass is 16.5. The predicted octanol–water partition coefficient (Wildman–Crippen LogP) is 3.87. The van der Waals surface area contributed by atoms with Crippen LogP contribution in [0, 0.1) is 17.3 Å². The van der Waals surface area contributed by atoms with Crippen molar-refractivity contribution in [3.05, 3.63) is 59.7 Å². The number of alkyl carbamates (subject to hydrolysis) is 1. The molecule has 0 aromatic heterocycles. The van der Waals surface area contributed by atoms with Crippen molar-refractivity contribution in [1.29, 1.82) is 0 Å². The molecular formula is C27H30N2O5. The standard InChI is InChI=1S/C27H30N2O5/c1-27(25(31)32)15-29(16-27)24(30)18-12-6-7-17(18)13-28-26(33)34-14-23-21-10-4-2-8-19(21)20-9-3-5-11-22(20)23/h2-5,8-11,17-18,23H,6-7,12-16H2,1H3,(H,28,33)(H,31,32). The molecule has 2 fully saturated rings. The molecular weight excluding hydrogens is 432 g/mol. The molecule has 3 aliphatic rings. The van der Waals surface area contributed by atoms with Crippen LogP contribution in [-0.4, -0.2) is 54.2 Å². The molecule has 1 saturated heterocycles. The first kappa shape index (κ1) is 22.4. The third kappa shape index (κ3) is 3.93. The Balaban J connectivity index is 1.14. The summed E-state index contributed by atoms with van der Waals surface area (Å²) in [5.74, 6) is -0.974. The smallest absolute Gasteiger partial charge is 0.407 e. The lowest BCUT2D eigenvalue weighted by atomic mass is 9.80. The SMILES string of the molecule is CC1(C(=O)O)CN(C(=O)C2CCCC2CNC(=O)OCC2c3ccccc3-c3ccccc32)C1. The number of benzene rings is 2. The first-order valence-electron chi connectivity index (χ1n) is 12.0. The molecule has 0 radical (unpaired) electrons. The Kier molecular flexibility index (Phi) is 5.80. The van der Waals surface area contributed by atoms with Crippen LogP contribution in [0.4, 0.5) is 4.79 Å². The van der Waals surface area contributed by atoms with Crippen molar-refractivity contribution in [3.63, 3.8) is 0 Å². The topological polar surface area (TPSA) is 95.9 Å². The van der Waals surface area contributed by atoms with E-state index < -0.39 is 17.5 Å². The number of likely N-dealkylation sites (tertiary alicyclic amines) is 1. The number of fused-ring (bicyclic) bond motifs is 3. The van der Waals surface area contributed by atoms with E-state index in [1.54, 1.807) is 11.8 Å². The third-order valence-corrected chi connectivity index (χ3v) is 7.74. The van der Waals surface area contributed by atoms with Crippen LogP contribution in [-0.2, 0) is 14.3 Å². The molecule has 178 valence electrons. The van der Waals surface area contributed by atoms with Crippen molar-refractivity contribution in [2.45, 2.75) is 32.1 Å². The van der Waals surface area contributed by atoms with E-state index in [0.717, 1.165) is 19.3 Å². The number of aliphatic carboxylic acids is 1. The van der Waals surface area contributed by atoms with E-state index in [4.69, 9.17) is 4.74 Å². The molecule has 2 aromatic rings. The summed E-state index contributed by atoms with van der Waals surface area (Å²) in [7, 11) is 0. The van der Waals surface area contributed by atoms with Gasteiger partial charge in [0.2, 0.25) is 5.91 Å². The number of carbonyl (C=O) groups is 3. The number of hydrogen-bond acceptors (Lipinski definition) is 4. The fourth-order valence-electron chi connectivity index (χ4n) is 5.79. The fourth-order valence-corrected chi connectivity index (χ4v) is 5.79. The summed E-state index contributed by atoms with van der Waals surface area (Å²) >= 11 is 0. The molecule has 7 heteroatoms. The molecule has 2 aromatic carbocycles. The Hall–Kier alpha value is -3.35. The normalized spacial score (nSPS) is 22.4. The van der Waals surface area contributed by atoms with E-state index in [1.807, 2.05) is 24.3 Å². The van der Waals surface area contributed by atoms with Crippen molar-refractivity contribution in [3.8, 4) is 11.1 Å². The van der Waals surface area contributed by atoms with E-state index in [-0.39, 0.29) is 43.4 Å². The van der Waals surface area contributed by atoms with Crippen LogP contribution in [0.5, 0.6) is 0 Å². The van der Waals surface area contributed by atoms with Gasteiger partial charge in [-0.2, -0.15) is 0 Å². The molecule has 2 atom stereocenters. The van der Waals surface area contributed by atoms with E-state index in [1.165, 1.54) is 22.3 Å². The van der Waals surface area contributed by atoms with Crippen molar-refractivity contribution in [2.75, 3.05) is 26.2 Å². The minimum atomic E-state index is -0.864. The second kappa shape index (κ2) is 8.78. The predicted molar refractivity (Wildman–Crippen MR) is 126 cm³/mol. The second-order valence-corrected chi connectivity index (χ2v) is 10.1. The molecule has 2 unspecified atom stereocenters. The highest BCUT2D eigenvalue weighted by molar-refractivity contribution is 5.85. The number of carbonyl (C=O) groups excluding carboxylic acids is 2. The highest BCUT2D eigenvalue weighted by Crippen LogP contribution is 2.44. The number of nitrogens with one attached hydrogen (secondary N) is 1. The quantitative estimate of drug-likeness (QED) is 0.679. The zero-order valence-electron chi connectivity index (χ0n) is 19.3. The molecule has 0 spiro atoms. The van der Waals surface area contributed by atoms with E-state index in [9.17, 15) is 19.5 Å². The van der Waals surface area contributed by atoms with Gasteiger partial charge in [-0.05, 0) is 47.9 Å². The number of hydrogen-bond donors (Lipinski definition) is 2. The molecule has 1 heterocycles. The summed E-state index contributed by atoms with van der Waals surface area (Å²) in [6.07, 6.45) is 2.10. The fraction of sp³-hybridized carbons (Fsp3) is 0.444. The van der Waals surface area contributed by atoms with Gasteiger partial charge >= 0.3 is 12.1 Å². The number of ether oxygens (including phenoxy) is 1. The maximum Gasteiger partial charge on any atom is 0.407 e. The summed E-state index contributed by atoms with van der Waals surface area (Å²) in [6.45, 7) is 2.82. The molecule has 2 amide bonds. The summed E-state index contributed by atoms with van der Waals surface area (Å²) < 4.78 is 5.62. The van der Waals surface area contributed by atoms with Gasteiger partial charge in [-0.15, -0.1) is 0 Å². The lowest BCUT2D eigenvalue weighted by molar-refractivity contribution is -0.166. The molecule has 2 N–H and O–H groups in total. The molecule has 1 aliphatic heterocycles. The van der Waals surface area contributed by atoms with Gasteiger partial charge in [-0.1, -0.05) is 55.0 Å².